The molecule has 2 aliphatic rings. The van der Waals surface area contributed by atoms with Gasteiger partial charge in [-0.05, 0) is 48.0 Å². The molecule has 1 amide bonds. The number of hydrogen-bond donors (Lipinski definition) is 3. The largest absolute Gasteiger partial charge is 0.325 e. The molecule has 5 N–H and O–H groups in total. The van der Waals surface area contributed by atoms with E-state index in [0.717, 1.165) is 35.5 Å². The van der Waals surface area contributed by atoms with Gasteiger partial charge in [-0.1, -0.05) is 35.3 Å². The van der Waals surface area contributed by atoms with Crippen LogP contribution in [0.3, 0.4) is 0 Å². The summed E-state index contributed by atoms with van der Waals surface area (Å²) in [4.78, 5) is 19.0. The van der Waals surface area contributed by atoms with Crippen LogP contribution in [0.1, 0.15) is 29.0 Å². The van der Waals surface area contributed by atoms with Crippen molar-refractivity contribution in [2.75, 3.05) is 18.9 Å². The number of nitrogens with zero attached hydrogens (tertiary/aromatic N) is 2. The summed E-state index contributed by atoms with van der Waals surface area (Å²) < 4.78 is 0. The van der Waals surface area contributed by atoms with Gasteiger partial charge in [0.05, 0.1) is 6.04 Å². The van der Waals surface area contributed by atoms with Crippen LogP contribution in [0, 0.1) is 0 Å². The minimum atomic E-state index is -0.664. The van der Waals surface area contributed by atoms with Gasteiger partial charge >= 0.3 is 0 Å². The molecule has 2 heterocycles. The van der Waals surface area contributed by atoms with Gasteiger partial charge in [0.15, 0.2) is 6.34 Å². The molecule has 0 radical (unpaired) electrons. The molecule has 0 aliphatic carbocycles. The summed E-state index contributed by atoms with van der Waals surface area (Å²) in [5.41, 5.74) is 10.9. The molecule has 156 valence electrons. The zero-order valence-corrected chi connectivity index (χ0v) is 18.1. The lowest BCUT2D eigenvalue weighted by atomic mass is 9.84. The molecule has 0 aromatic heterocycles. The summed E-state index contributed by atoms with van der Waals surface area (Å²) in [5, 5.41) is 6.08. The highest BCUT2D eigenvalue weighted by Crippen LogP contribution is 2.38. The average Bonchev–Trinajstić information content (AvgIpc) is 3.21. The standard InChI is InChI=1S/C22H23Cl2N5O/c1-29-10-18(17-6-14(23)7-20(24)19(17)11-29)13-3-2-4-15(5-13)28-22(30)21(25)8-16-9-26-12-27-16/h2-7,9,12,18,21H,8,10-11,25H2,1H3,(H,26,27)(H,28,30)/p+1. The number of fused-ring (bicyclic) bond motifs is 1. The minimum absolute atomic E-state index is 0.106. The molecule has 0 spiro atoms. The first-order valence-electron chi connectivity index (χ1n) is 9.80. The van der Waals surface area contributed by atoms with Gasteiger partial charge in [0.25, 0.3) is 0 Å². The topological polar surface area (TPSA) is 87.3 Å². The summed E-state index contributed by atoms with van der Waals surface area (Å²) in [7, 11) is 2.07. The van der Waals surface area contributed by atoms with E-state index in [4.69, 9.17) is 28.9 Å². The predicted octanol–water partition coefficient (Wildman–Crippen LogP) is 2.67. The molecule has 2 aromatic carbocycles. The number of amides is 1. The number of quaternary nitrogens is 1. The van der Waals surface area contributed by atoms with E-state index in [0.29, 0.717) is 22.2 Å². The van der Waals surface area contributed by atoms with E-state index >= 15 is 0 Å². The van der Waals surface area contributed by atoms with Crippen LogP contribution in [-0.2, 0) is 11.3 Å². The van der Waals surface area contributed by atoms with Gasteiger partial charge in [0, 0.05) is 41.2 Å². The second-order valence-electron chi connectivity index (χ2n) is 7.76. The molecule has 2 aliphatic heterocycles. The molecule has 0 bridgehead atoms. The first-order chi connectivity index (χ1) is 14.4. The third kappa shape index (κ3) is 4.58. The van der Waals surface area contributed by atoms with Crippen LogP contribution < -0.4 is 16.4 Å². The third-order valence-corrected chi connectivity index (χ3v) is 5.99. The lowest BCUT2D eigenvalue weighted by molar-refractivity contribution is -0.447. The summed E-state index contributed by atoms with van der Waals surface area (Å²) in [6, 6.07) is 11.0. The van der Waals surface area contributed by atoms with Crippen LogP contribution in [0.25, 0.3) is 0 Å². The molecule has 4 rings (SSSR count). The Hall–Kier alpha value is -2.22. The Bertz CT molecular complexity index is 1040. The molecular weight excluding hydrogens is 421 g/mol. The van der Waals surface area contributed by atoms with Crippen LogP contribution in [0.4, 0.5) is 5.69 Å². The third-order valence-electron chi connectivity index (χ3n) is 5.43. The Kier molecular flexibility index (Phi) is 6.22. The summed E-state index contributed by atoms with van der Waals surface area (Å²) in [5.74, 6) is -0.128. The Morgan fingerprint density at radius 2 is 2.20 bits per heavy atom. The highest BCUT2D eigenvalue weighted by molar-refractivity contribution is 6.35. The van der Waals surface area contributed by atoms with Crippen LogP contribution in [0.5, 0.6) is 0 Å². The zero-order chi connectivity index (χ0) is 21.3. The number of halogens is 2. The van der Waals surface area contributed by atoms with Crippen molar-refractivity contribution in [2.24, 2.45) is 10.7 Å². The van der Waals surface area contributed by atoms with Gasteiger partial charge in [-0.2, -0.15) is 0 Å². The van der Waals surface area contributed by atoms with Crippen molar-refractivity contribution in [3.8, 4) is 0 Å². The maximum atomic E-state index is 12.6. The second-order valence-corrected chi connectivity index (χ2v) is 8.60. The maximum absolute atomic E-state index is 12.6. The predicted molar refractivity (Wildman–Crippen MR) is 121 cm³/mol. The van der Waals surface area contributed by atoms with Crippen LogP contribution in [0.2, 0.25) is 10.0 Å². The number of likely N-dealkylation sites (N-methyl/N-ethyl adjacent to an activating group) is 1. The molecular formula is C22H24Cl2N5O+. The van der Waals surface area contributed by atoms with Crippen molar-refractivity contribution >= 4 is 41.1 Å². The van der Waals surface area contributed by atoms with E-state index in [1.807, 2.05) is 35.8 Å². The number of hydrogen-bond acceptors (Lipinski definition) is 4. The van der Waals surface area contributed by atoms with Crippen LogP contribution in [0.15, 0.2) is 53.3 Å². The first-order valence-corrected chi connectivity index (χ1v) is 10.6. The summed E-state index contributed by atoms with van der Waals surface area (Å²) in [6.45, 7) is 1.62. The fraction of sp³-hybridized carbons (Fsp3) is 0.273. The highest BCUT2D eigenvalue weighted by Gasteiger charge is 2.27. The molecule has 0 saturated carbocycles. The van der Waals surface area contributed by atoms with Gasteiger partial charge in [0.2, 0.25) is 5.91 Å². The van der Waals surface area contributed by atoms with Gasteiger partial charge in [-0.3, -0.25) is 10.1 Å². The van der Waals surface area contributed by atoms with E-state index in [1.165, 1.54) is 0 Å². The highest BCUT2D eigenvalue weighted by atomic mass is 35.5. The van der Waals surface area contributed by atoms with Crippen molar-refractivity contribution in [2.45, 2.75) is 24.9 Å². The molecule has 30 heavy (non-hydrogen) atoms. The van der Waals surface area contributed by atoms with Gasteiger partial charge in [-0.15, -0.1) is 0 Å². The lowest BCUT2D eigenvalue weighted by Crippen LogP contribution is -2.74. The number of benzene rings is 2. The SMILES string of the molecule is CN1Cc2c(Cl)cc(Cl)cc2C(c2cccc(NC(=O)C(N)CC3=C[NH2+]C=N3)c2)C1. The van der Waals surface area contributed by atoms with Crippen molar-refractivity contribution < 1.29 is 10.1 Å². The van der Waals surface area contributed by atoms with Crippen molar-refractivity contribution in [1.29, 1.82) is 0 Å². The fourth-order valence-corrected chi connectivity index (χ4v) is 4.54. The number of aliphatic imine (C=N–C) groups is 1. The van der Waals surface area contributed by atoms with Gasteiger partial charge in [-0.25, -0.2) is 4.99 Å². The number of anilines is 1. The summed E-state index contributed by atoms with van der Waals surface area (Å²) in [6.07, 6.45) is 3.96. The second kappa shape index (κ2) is 8.88. The van der Waals surface area contributed by atoms with Gasteiger partial charge < -0.3 is 16.0 Å². The smallest absolute Gasteiger partial charge is 0.241 e. The van der Waals surface area contributed by atoms with E-state index in [9.17, 15) is 4.79 Å². The van der Waals surface area contributed by atoms with Crippen LogP contribution >= 0.6 is 23.2 Å². The Morgan fingerprint density at radius 3 is 2.97 bits per heavy atom. The molecule has 6 nitrogen and oxygen atoms in total. The van der Waals surface area contributed by atoms with Crippen molar-refractivity contribution in [1.82, 2.24) is 4.90 Å². The number of nitrogens with one attached hydrogen (secondary N) is 1. The Labute approximate surface area is 185 Å². The van der Waals surface area contributed by atoms with E-state index in [2.05, 4.69) is 28.3 Å². The summed E-state index contributed by atoms with van der Waals surface area (Å²) >= 11 is 12.8. The zero-order valence-electron chi connectivity index (χ0n) is 16.6. The van der Waals surface area contributed by atoms with E-state index < -0.39 is 6.04 Å². The minimum Gasteiger partial charge on any atom is -0.325 e. The quantitative estimate of drug-likeness (QED) is 0.662. The van der Waals surface area contributed by atoms with E-state index in [-0.39, 0.29) is 11.8 Å². The van der Waals surface area contributed by atoms with Crippen LogP contribution in [-0.4, -0.2) is 36.8 Å². The number of carbonyl (C=O) groups is 1. The molecule has 2 unspecified atom stereocenters. The number of rotatable bonds is 5. The molecule has 8 heteroatoms. The maximum Gasteiger partial charge on any atom is 0.241 e. The Morgan fingerprint density at radius 1 is 1.37 bits per heavy atom. The fourth-order valence-electron chi connectivity index (χ4n) is 3.97. The Balaban J connectivity index is 1.55. The number of carbonyl (C=O) groups excluding carboxylic acids is 1. The molecule has 2 aromatic rings. The number of nitrogens with two attached hydrogens (primary N) is 2. The van der Waals surface area contributed by atoms with E-state index in [1.54, 1.807) is 12.4 Å². The van der Waals surface area contributed by atoms with Crippen molar-refractivity contribution in [3.05, 3.63) is 75.0 Å². The first kappa shape index (κ1) is 21.0. The van der Waals surface area contributed by atoms with Crippen molar-refractivity contribution in [3.63, 3.8) is 0 Å². The molecule has 0 saturated heterocycles. The lowest BCUT2D eigenvalue weighted by Gasteiger charge is -2.33. The van der Waals surface area contributed by atoms with Gasteiger partial charge in [0.1, 0.15) is 11.9 Å². The monoisotopic (exact) mass is 444 g/mol. The normalized spacial score (nSPS) is 19.3. The average molecular weight is 445 g/mol. The molecule has 2 atom stereocenters. The molecule has 0 fully saturated rings.